The molecule has 19 heavy (non-hydrogen) atoms. The Kier molecular flexibility index (Phi) is 4.32. The highest BCUT2D eigenvalue weighted by molar-refractivity contribution is 5.21. The zero-order valence-electron chi connectivity index (χ0n) is 11.7. The van der Waals surface area contributed by atoms with Crippen molar-refractivity contribution in [1.29, 1.82) is 0 Å². The fourth-order valence-electron chi connectivity index (χ4n) is 2.31. The summed E-state index contributed by atoms with van der Waals surface area (Å²) in [5.74, 6) is -0.171. The molecule has 0 saturated carbocycles. The van der Waals surface area contributed by atoms with E-state index in [1.54, 1.807) is 6.07 Å². The molecule has 1 heterocycles. The molecule has 0 aliphatic carbocycles. The minimum absolute atomic E-state index is 0.0656. The van der Waals surface area contributed by atoms with Crippen LogP contribution in [0.4, 0.5) is 4.39 Å². The Morgan fingerprint density at radius 2 is 2.05 bits per heavy atom. The molecule has 0 bridgehead atoms. The molecule has 0 amide bonds. The molecule has 4 heteroatoms. The van der Waals surface area contributed by atoms with Gasteiger partial charge in [0.1, 0.15) is 5.82 Å². The van der Waals surface area contributed by atoms with Gasteiger partial charge in [-0.15, -0.1) is 0 Å². The fraction of sp³-hybridized carbons (Fsp3) is 0.400. The average Bonchev–Trinajstić information content (AvgIpc) is 2.68. The molecule has 0 aliphatic heterocycles. The van der Waals surface area contributed by atoms with Crippen LogP contribution in [0.15, 0.2) is 30.3 Å². The summed E-state index contributed by atoms with van der Waals surface area (Å²) in [5.41, 5.74) is 2.77. The van der Waals surface area contributed by atoms with Crippen molar-refractivity contribution < 1.29 is 4.39 Å². The van der Waals surface area contributed by atoms with Crippen molar-refractivity contribution in [2.45, 2.75) is 33.4 Å². The SMILES string of the molecule is CCNC(Cn1nc(C)cc1C)c1ccccc1F. The number of nitrogens with one attached hydrogen (secondary N) is 1. The number of aryl methyl sites for hydroxylation is 2. The summed E-state index contributed by atoms with van der Waals surface area (Å²) in [4.78, 5) is 0. The summed E-state index contributed by atoms with van der Waals surface area (Å²) in [7, 11) is 0. The van der Waals surface area contributed by atoms with Gasteiger partial charge in [-0.05, 0) is 32.5 Å². The van der Waals surface area contributed by atoms with Crippen molar-refractivity contribution in [3.05, 3.63) is 53.1 Å². The molecule has 0 aliphatic rings. The highest BCUT2D eigenvalue weighted by Crippen LogP contribution is 2.19. The predicted molar refractivity (Wildman–Crippen MR) is 74.5 cm³/mol. The first-order valence-corrected chi connectivity index (χ1v) is 6.60. The van der Waals surface area contributed by atoms with E-state index in [9.17, 15) is 4.39 Å². The van der Waals surface area contributed by atoms with Gasteiger partial charge < -0.3 is 5.32 Å². The van der Waals surface area contributed by atoms with Gasteiger partial charge in [0, 0.05) is 11.3 Å². The minimum atomic E-state index is -0.171. The molecule has 1 atom stereocenters. The monoisotopic (exact) mass is 261 g/mol. The van der Waals surface area contributed by atoms with Gasteiger partial charge in [0.2, 0.25) is 0 Å². The number of nitrogens with zero attached hydrogens (tertiary/aromatic N) is 2. The molecule has 2 rings (SSSR count). The van der Waals surface area contributed by atoms with E-state index in [1.807, 2.05) is 43.7 Å². The summed E-state index contributed by atoms with van der Waals surface area (Å²) in [5, 5.41) is 7.77. The van der Waals surface area contributed by atoms with Crippen LogP contribution in [-0.4, -0.2) is 16.3 Å². The van der Waals surface area contributed by atoms with E-state index in [1.165, 1.54) is 6.07 Å². The normalized spacial score (nSPS) is 12.6. The fourth-order valence-corrected chi connectivity index (χ4v) is 2.31. The summed E-state index contributed by atoms with van der Waals surface area (Å²) in [6, 6.07) is 8.87. The van der Waals surface area contributed by atoms with Gasteiger partial charge >= 0.3 is 0 Å². The number of rotatable bonds is 5. The Hall–Kier alpha value is -1.68. The van der Waals surface area contributed by atoms with E-state index >= 15 is 0 Å². The lowest BCUT2D eigenvalue weighted by Gasteiger charge is -2.19. The first-order valence-electron chi connectivity index (χ1n) is 6.60. The number of benzene rings is 1. The first kappa shape index (κ1) is 13.7. The lowest BCUT2D eigenvalue weighted by atomic mass is 10.1. The third-order valence-corrected chi connectivity index (χ3v) is 3.19. The van der Waals surface area contributed by atoms with Gasteiger partial charge in [-0.2, -0.15) is 5.10 Å². The summed E-state index contributed by atoms with van der Waals surface area (Å²) in [6.07, 6.45) is 0. The molecule has 1 N–H and O–H groups in total. The van der Waals surface area contributed by atoms with Crippen LogP contribution in [0.3, 0.4) is 0 Å². The van der Waals surface area contributed by atoms with Crippen molar-refractivity contribution >= 4 is 0 Å². The molecular formula is C15H20FN3. The molecule has 0 spiro atoms. The quantitative estimate of drug-likeness (QED) is 0.896. The van der Waals surface area contributed by atoms with E-state index in [-0.39, 0.29) is 11.9 Å². The summed E-state index contributed by atoms with van der Waals surface area (Å²) < 4.78 is 15.8. The summed E-state index contributed by atoms with van der Waals surface area (Å²) >= 11 is 0. The minimum Gasteiger partial charge on any atom is -0.309 e. The van der Waals surface area contributed by atoms with Gasteiger partial charge in [0.15, 0.2) is 0 Å². The van der Waals surface area contributed by atoms with E-state index < -0.39 is 0 Å². The second-order valence-electron chi connectivity index (χ2n) is 4.74. The number of hydrogen-bond acceptors (Lipinski definition) is 2. The van der Waals surface area contributed by atoms with Crippen LogP contribution >= 0.6 is 0 Å². The lowest BCUT2D eigenvalue weighted by molar-refractivity contribution is 0.426. The Morgan fingerprint density at radius 1 is 1.32 bits per heavy atom. The van der Waals surface area contributed by atoms with Gasteiger partial charge in [0.25, 0.3) is 0 Å². The molecule has 0 fully saturated rings. The number of hydrogen-bond donors (Lipinski definition) is 1. The van der Waals surface area contributed by atoms with Crippen molar-refractivity contribution in [3.8, 4) is 0 Å². The largest absolute Gasteiger partial charge is 0.309 e. The van der Waals surface area contributed by atoms with Crippen LogP contribution in [-0.2, 0) is 6.54 Å². The molecule has 102 valence electrons. The van der Waals surface area contributed by atoms with Crippen LogP contribution in [0.5, 0.6) is 0 Å². The Balaban J connectivity index is 2.26. The molecule has 0 saturated heterocycles. The van der Waals surface area contributed by atoms with E-state index in [0.717, 1.165) is 17.9 Å². The van der Waals surface area contributed by atoms with Gasteiger partial charge in [-0.25, -0.2) is 4.39 Å². The highest BCUT2D eigenvalue weighted by atomic mass is 19.1. The standard InChI is InChI=1S/C15H20FN3/c1-4-17-15(13-7-5-6-8-14(13)16)10-19-12(3)9-11(2)18-19/h5-9,15,17H,4,10H2,1-3H3. The molecule has 0 radical (unpaired) electrons. The van der Waals surface area contributed by atoms with Crippen molar-refractivity contribution in [1.82, 2.24) is 15.1 Å². The predicted octanol–water partition coefficient (Wildman–Crippen LogP) is 2.99. The second-order valence-corrected chi connectivity index (χ2v) is 4.74. The van der Waals surface area contributed by atoms with Crippen LogP contribution in [0, 0.1) is 19.7 Å². The number of likely N-dealkylation sites (N-methyl/N-ethyl adjacent to an activating group) is 1. The zero-order chi connectivity index (χ0) is 13.8. The molecule has 1 unspecified atom stereocenters. The molecule has 1 aromatic heterocycles. The second kappa shape index (κ2) is 5.97. The molecule has 1 aromatic carbocycles. The van der Waals surface area contributed by atoms with Gasteiger partial charge in [0.05, 0.1) is 18.3 Å². The Bertz CT molecular complexity index is 548. The van der Waals surface area contributed by atoms with E-state index in [0.29, 0.717) is 12.1 Å². The van der Waals surface area contributed by atoms with Crippen molar-refractivity contribution in [2.75, 3.05) is 6.54 Å². The maximum absolute atomic E-state index is 13.9. The van der Waals surface area contributed by atoms with Crippen LogP contribution < -0.4 is 5.32 Å². The number of halogens is 1. The third kappa shape index (κ3) is 3.20. The number of aromatic nitrogens is 2. The molecular weight excluding hydrogens is 241 g/mol. The Labute approximate surface area is 113 Å². The van der Waals surface area contributed by atoms with Gasteiger partial charge in [-0.3, -0.25) is 4.68 Å². The van der Waals surface area contributed by atoms with E-state index in [2.05, 4.69) is 10.4 Å². The maximum Gasteiger partial charge on any atom is 0.128 e. The summed E-state index contributed by atoms with van der Waals surface area (Å²) in [6.45, 7) is 7.43. The molecule has 3 nitrogen and oxygen atoms in total. The van der Waals surface area contributed by atoms with Crippen LogP contribution in [0.2, 0.25) is 0 Å². The van der Waals surface area contributed by atoms with E-state index in [4.69, 9.17) is 0 Å². The highest BCUT2D eigenvalue weighted by Gasteiger charge is 2.16. The molecule has 2 aromatic rings. The van der Waals surface area contributed by atoms with Crippen molar-refractivity contribution in [3.63, 3.8) is 0 Å². The first-order chi connectivity index (χ1) is 9.11. The smallest absolute Gasteiger partial charge is 0.128 e. The zero-order valence-corrected chi connectivity index (χ0v) is 11.7. The van der Waals surface area contributed by atoms with Gasteiger partial charge in [-0.1, -0.05) is 25.1 Å². The average molecular weight is 261 g/mol. The maximum atomic E-state index is 13.9. The van der Waals surface area contributed by atoms with Crippen LogP contribution in [0.1, 0.15) is 29.9 Å². The topological polar surface area (TPSA) is 29.9 Å². The third-order valence-electron chi connectivity index (χ3n) is 3.19. The van der Waals surface area contributed by atoms with Crippen molar-refractivity contribution in [2.24, 2.45) is 0 Å². The Morgan fingerprint density at radius 3 is 2.63 bits per heavy atom. The lowest BCUT2D eigenvalue weighted by Crippen LogP contribution is -2.27. The van der Waals surface area contributed by atoms with Crippen LogP contribution in [0.25, 0.3) is 0 Å².